The maximum Gasteiger partial charge on any atom is 0.148 e. The second-order valence-electron chi connectivity index (χ2n) is 23.5. The smallest absolute Gasteiger partial charge is 0.148 e. The molecule has 8 rings (SSSR count). The second kappa shape index (κ2) is 20.6. The van der Waals surface area contributed by atoms with E-state index >= 15 is 0 Å². The van der Waals surface area contributed by atoms with Gasteiger partial charge in [-0.25, -0.2) is 4.98 Å². The van der Waals surface area contributed by atoms with E-state index < -0.39 is 54.3 Å². The van der Waals surface area contributed by atoms with Crippen molar-refractivity contribution in [2.24, 2.45) is 0 Å². The summed E-state index contributed by atoms with van der Waals surface area (Å²) in [6.07, 6.45) is 5.10. The first-order chi connectivity index (χ1) is 37.9. The number of phenols is 1. The van der Waals surface area contributed by atoms with E-state index in [1.165, 1.54) is 17.3 Å². The Labute approximate surface area is 467 Å². The Balaban J connectivity index is 0.00000990. The normalized spacial score (nSPS) is 14.9. The molecule has 0 aliphatic heterocycles. The zero-order valence-corrected chi connectivity index (χ0v) is 47.9. The van der Waals surface area contributed by atoms with Crippen LogP contribution in [0, 0.1) is 19.8 Å². The van der Waals surface area contributed by atoms with Crippen molar-refractivity contribution < 1.29 is 39.9 Å². The third kappa shape index (κ3) is 10.6. The van der Waals surface area contributed by atoms with E-state index in [9.17, 15) is 9.22 Å². The molecule has 8 aromatic rings. The second-order valence-corrected chi connectivity index (χ2v) is 23.5. The number of phenolic OH excluding ortho intramolecular Hbond substituents is 1. The molecule has 0 saturated carbocycles. The molecular formula is C68H80N3OPt-. The predicted molar refractivity (Wildman–Crippen MR) is 308 cm³/mol. The van der Waals surface area contributed by atoms with Crippen molar-refractivity contribution in [3.05, 3.63) is 166 Å². The topological polar surface area (TPSA) is 50.9 Å². The van der Waals surface area contributed by atoms with Crippen LogP contribution in [0.3, 0.4) is 0 Å². The monoisotopic (exact) mass is 1160 g/mol. The summed E-state index contributed by atoms with van der Waals surface area (Å²) in [6.45, 7) is 26.9. The van der Waals surface area contributed by atoms with Gasteiger partial charge in [-0.1, -0.05) is 193 Å². The molecule has 0 spiro atoms. The van der Waals surface area contributed by atoms with Crippen molar-refractivity contribution in [1.82, 2.24) is 14.5 Å². The number of aromatic nitrogens is 3. The average Bonchev–Trinajstić information content (AvgIpc) is 4.07. The van der Waals surface area contributed by atoms with Crippen molar-refractivity contribution in [2.45, 2.75) is 170 Å². The molecular weight excluding hydrogens is 1070 g/mol. The summed E-state index contributed by atoms with van der Waals surface area (Å²) in [7, 11) is 0. The molecule has 2 heterocycles. The number of pyridine rings is 1. The van der Waals surface area contributed by atoms with Crippen LogP contribution in [-0.4, -0.2) is 19.6 Å². The maximum atomic E-state index is 12.7. The molecule has 0 aliphatic carbocycles. The van der Waals surface area contributed by atoms with Gasteiger partial charge in [0.25, 0.3) is 0 Å². The molecule has 0 amide bonds. The summed E-state index contributed by atoms with van der Waals surface area (Å²) in [5.74, 6) is 0.404. The molecule has 6 aromatic carbocycles. The molecule has 0 unspecified atom stereocenters. The fourth-order valence-corrected chi connectivity index (χ4v) is 10.0. The quantitative estimate of drug-likeness (QED) is 0.124. The van der Waals surface area contributed by atoms with Crippen LogP contribution >= 0.6 is 0 Å². The van der Waals surface area contributed by atoms with Crippen LogP contribution in [0.2, 0.25) is 0 Å². The largest absolute Gasteiger partial charge is 0.507 e. The Morgan fingerprint density at radius 1 is 0.589 bits per heavy atom. The van der Waals surface area contributed by atoms with E-state index in [0.717, 1.165) is 53.5 Å². The number of hydrogen-bond donors (Lipinski definition) is 1. The zero-order valence-electron chi connectivity index (χ0n) is 55.7. The number of rotatable bonds is 12. The van der Waals surface area contributed by atoms with E-state index in [4.69, 9.17) is 19.6 Å². The molecule has 1 N–H and O–H groups in total. The molecule has 0 bridgehead atoms. The minimum absolute atomic E-state index is 0. The van der Waals surface area contributed by atoms with E-state index in [0.29, 0.717) is 56.1 Å². The Hall–Kier alpha value is -5.57. The van der Waals surface area contributed by atoms with Gasteiger partial charge in [0.15, 0.2) is 0 Å². The third-order valence-electron chi connectivity index (χ3n) is 15.7. The molecule has 0 saturated heterocycles. The van der Waals surface area contributed by atoms with Crippen molar-refractivity contribution in [2.75, 3.05) is 0 Å². The molecule has 384 valence electrons. The maximum absolute atomic E-state index is 12.7. The van der Waals surface area contributed by atoms with E-state index in [1.807, 2.05) is 47.0 Å². The number of aryl methyl sites for hydroxylation is 1. The molecule has 0 radical (unpaired) electrons. The third-order valence-corrected chi connectivity index (χ3v) is 15.7. The number of benzene rings is 6. The SMILES string of the molecule is [2H]c1c([2H])c(C([2H])([2H])[2H])c([2H])c([2H])c1-c1ccnc(-c2[c-]c(-c3cccc4c3nc(-c3cc(C(C)(C)C)cc(C(C)(C)C)c3O)n4-c3ccc(-c4c(C(C)(CC)CC)cccc4C(C)(CC)CC)cc3C([2H])([2H])[2H])cc(C(C)(C)C)c2)c1.[Pt]. The first kappa shape index (κ1) is 42.7. The Morgan fingerprint density at radius 2 is 1.19 bits per heavy atom. The van der Waals surface area contributed by atoms with Gasteiger partial charge in [-0.15, -0.1) is 29.3 Å². The first-order valence-corrected chi connectivity index (χ1v) is 25.8. The van der Waals surface area contributed by atoms with Crippen molar-refractivity contribution >= 4 is 11.0 Å². The fourth-order valence-electron chi connectivity index (χ4n) is 10.0. The minimum Gasteiger partial charge on any atom is -0.507 e. The number of hydrogen-bond acceptors (Lipinski definition) is 3. The van der Waals surface area contributed by atoms with Gasteiger partial charge in [0, 0.05) is 46.7 Å². The number of imidazole rings is 1. The predicted octanol–water partition coefficient (Wildman–Crippen LogP) is 18.9. The first-order valence-electron chi connectivity index (χ1n) is 30.8. The van der Waals surface area contributed by atoms with Crippen molar-refractivity contribution in [3.8, 4) is 67.5 Å². The standard InChI is InChI=1S/C68H80N3O.Pt/c1-18-67(16,19-2)54-25-23-26-55(68(17,20-3)21-4)60(54)47-32-33-58(44(6)36-47)71-59-27-22-24-52(61(59)70-63(71)53-41-51(65(10,11)12)42-56(62(53)72)66(13,14)15)48-37-49(39-50(38-48)64(7,8)9)57-40-46(34-35-69-57)45-30-28-43(5)29-31-45;/h22-36,38-42,72H,18-21H2,1-17H3;/q-1;/i5D3,6D3,28D,29D,30D,31D;. The van der Waals surface area contributed by atoms with Crippen molar-refractivity contribution in [3.63, 3.8) is 0 Å². The van der Waals surface area contributed by atoms with E-state index in [2.05, 4.69) is 146 Å². The summed E-state index contributed by atoms with van der Waals surface area (Å²) in [4.78, 5) is 10.3. The molecule has 73 heavy (non-hydrogen) atoms. The van der Waals surface area contributed by atoms with Crippen LogP contribution in [0.5, 0.6) is 5.75 Å². The van der Waals surface area contributed by atoms with Crippen LogP contribution in [0.15, 0.2) is 121 Å². The molecule has 0 atom stereocenters. The van der Waals surface area contributed by atoms with Gasteiger partial charge in [-0.3, -0.25) is 9.55 Å². The Morgan fingerprint density at radius 3 is 1.77 bits per heavy atom. The minimum atomic E-state index is -2.86. The van der Waals surface area contributed by atoms with Crippen LogP contribution in [0.25, 0.3) is 72.7 Å². The van der Waals surface area contributed by atoms with Gasteiger partial charge in [0.05, 0.1) is 27.8 Å². The van der Waals surface area contributed by atoms with E-state index in [-0.39, 0.29) is 54.2 Å². The Bertz CT molecular complexity index is 3700. The number of fused-ring (bicyclic) bond motifs is 1. The van der Waals surface area contributed by atoms with Gasteiger partial charge in [-0.05, 0) is 141 Å². The summed E-state index contributed by atoms with van der Waals surface area (Å²) in [5, 5.41) is 12.7. The van der Waals surface area contributed by atoms with Gasteiger partial charge in [0.2, 0.25) is 0 Å². The number of aromatic hydroxyl groups is 1. The fraction of sp³-hybridized carbons (Fsp3) is 0.382. The molecule has 5 heteroatoms. The van der Waals surface area contributed by atoms with Gasteiger partial charge in [-0.2, -0.15) is 0 Å². The van der Waals surface area contributed by atoms with Crippen LogP contribution in [0.4, 0.5) is 0 Å². The van der Waals surface area contributed by atoms with Crippen LogP contribution in [-0.2, 0) is 48.1 Å². The Kier molecular flexibility index (Phi) is 12.1. The average molecular weight is 1160 g/mol. The molecule has 0 aliphatic rings. The van der Waals surface area contributed by atoms with Crippen molar-refractivity contribution in [1.29, 1.82) is 0 Å². The van der Waals surface area contributed by atoms with E-state index in [1.54, 1.807) is 12.1 Å². The molecule has 0 fully saturated rings. The zero-order chi connectivity index (χ0) is 60.8. The van der Waals surface area contributed by atoms with Gasteiger partial charge in [0.1, 0.15) is 11.6 Å². The number of para-hydroxylation sites is 1. The molecule has 4 nitrogen and oxygen atoms in total. The van der Waals surface area contributed by atoms with Gasteiger partial charge < -0.3 is 5.11 Å². The summed E-state index contributed by atoms with van der Waals surface area (Å²) >= 11 is 0. The van der Waals surface area contributed by atoms with Crippen LogP contribution in [0.1, 0.15) is 182 Å². The van der Waals surface area contributed by atoms with Crippen LogP contribution < -0.4 is 0 Å². The number of nitrogens with zero attached hydrogens (tertiary/aromatic N) is 3. The summed E-state index contributed by atoms with van der Waals surface area (Å²) in [5.41, 5.74) is 9.25. The summed E-state index contributed by atoms with van der Waals surface area (Å²) < 4.78 is 89.2. The summed E-state index contributed by atoms with van der Waals surface area (Å²) in [6, 6.07) is 31.1. The van der Waals surface area contributed by atoms with Gasteiger partial charge >= 0.3 is 0 Å². The molecule has 2 aromatic heterocycles.